The van der Waals surface area contributed by atoms with E-state index in [-0.39, 0.29) is 0 Å². The second kappa shape index (κ2) is 4.33. The molecular weight excluding hydrogens is 300 g/mol. The van der Waals surface area contributed by atoms with Gasteiger partial charge in [0.2, 0.25) is 0 Å². The molecule has 0 aromatic heterocycles. The van der Waals surface area contributed by atoms with Crippen LogP contribution < -0.4 is 9.47 Å². The summed E-state index contributed by atoms with van der Waals surface area (Å²) in [6.07, 6.45) is 0. The van der Waals surface area contributed by atoms with Crippen LogP contribution in [0.3, 0.4) is 0 Å². The number of hydrogen-bond acceptors (Lipinski definition) is 2. The number of halogens is 2. The minimum atomic E-state index is 0.708. The fourth-order valence-corrected chi connectivity index (χ4v) is 2.01. The lowest BCUT2D eigenvalue weighted by atomic mass is 10.2. The third-order valence-corrected chi connectivity index (χ3v) is 4.04. The van der Waals surface area contributed by atoms with E-state index in [2.05, 4.69) is 31.9 Å². The van der Waals surface area contributed by atoms with Gasteiger partial charge in [0, 0.05) is 4.47 Å². The standard InChI is InChI=1S/C9H10Br2O2/c1-5-4-6(12-2)9(13-3)8(11)7(5)10/h4H,1-3H3. The van der Waals surface area contributed by atoms with Crippen molar-refractivity contribution in [2.24, 2.45) is 0 Å². The number of methoxy groups -OCH3 is 2. The minimum Gasteiger partial charge on any atom is -0.493 e. The van der Waals surface area contributed by atoms with E-state index in [4.69, 9.17) is 9.47 Å². The van der Waals surface area contributed by atoms with Gasteiger partial charge in [0.1, 0.15) is 0 Å². The van der Waals surface area contributed by atoms with E-state index in [0.29, 0.717) is 5.75 Å². The van der Waals surface area contributed by atoms with Gasteiger partial charge in [0.05, 0.1) is 18.7 Å². The monoisotopic (exact) mass is 308 g/mol. The fraction of sp³-hybridized carbons (Fsp3) is 0.333. The summed E-state index contributed by atoms with van der Waals surface area (Å²) in [4.78, 5) is 0. The molecule has 0 aliphatic carbocycles. The van der Waals surface area contributed by atoms with Crippen molar-refractivity contribution in [2.75, 3.05) is 14.2 Å². The lowest BCUT2D eigenvalue weighted by Gasteiger charge is -2.12. The second-order valence-corrected chi connectivity index (χ2v) is 4.14. The maximum Gasteiger partial charge on any atom is 0.176 e. The lowest BCUT2D eigenvalue weighted by Crippen LogP contribution is -1.93. The Morgan fingerprint density at radius 3 is 2.15 bits per heavy atom. The summed E-state index contributed by atoms with van der Waals surface area (Å²) in [5.74, 6) is 1.44. The summed E-state index contributed by atoms with van der Waals surface area (Å²) < 4.78 is 12.3. The Hall–Kier alpha value is -0.220. The first-order valence-corrected chi connectivity index (χ1v) is 5.27. The normalized spacial score (nSPS) is 9.92. The van der Waals surface area contributed by atoms with Crippen molar-refractivity contribution in [1.82, 2.24) is 0 Å². The highest BCUT2D eigenvalue weighted by molar-refractivity contribution is 9.13. The van der Waals surface area contributed by atoms with Crippen molar-refractivity contribution in [1.29, 1.82) is 0 Å². The molecule has 0 saturated heterocycles. The van der Waals surface area contributed by atoms with Gasteiger partial charge in [-0.2, -0.15) is 0 Å². The first kappa shape index (κ1) is 10.9. The number of rotatable bonds is 2. The van der Waals surface area contributed by atoms with Crippen LogP contribution in [0, 0.1) is 6.92 Å². The Morgan fingerprint density at radius 1 is 1.08 bits per heavy atom. The highest BCUT2D eigenvalue weighted by Gasteiger charge is 2.13. The van der Waals surface area contributed by atoms with E-state index in [9.17, 15) is 0 Å². The quantitative estimate of drug-likeness (QED) is 0.832. The molecule has 0 radical (unpaired) electrons. The van der Waals surface area contributed by atoms with Gasteiger partial charge in [-0.05, 0) is 50.4 Å². The molecule has 1 aromatic rings. The number of aryl methyl sites for hydroxylation is 1. The van der Waals surface area contributed by atoms with Gasteiger partial charge in [-0.1, -0.05) is 0 Å². The summed E-state index contributed by atoms with van der Waals surface area (Å²) in [6, 6.07) is 1.92. The van der Waals surface area contributed by atoms with Gasteiger partial charge in [0.15, 0.2) is 11.5 Å². The SMILES string of the molecule is COc1cc(C)c(Br)c(Br)c1OC. The molecule has 72 valence electrons. The minimum absolute atomic E-state index is 0.708. The Labute approximate surface area is 94.5 Å². The molecule has 0 fully saturated rings. The number of benzene rings is 1. The molecule has 4 heteroatoms. The molecule has 0 unspecified atom stereocenters. The zero-order valence-corrected chi connectivity index (χ0v) is 10.8. The van der Waals surface area contributed by atoms with Crippen LogP contribution in [-0.4, -0.2) is 14.2 Å². The van der Waals surface area contributed by atoms with Crippen LogP contribution in [0.2, 0.25) is 0 Å². The molecular formula is C9H10Br2O2. The molecule has 0 aliphatic rings. The zero-order valence-electron chi connectivity index (χ0n) is 7.65. The lowest BCUT2D eigenvalue weighted by molar-refractivity contribution is 0.352. The Balaban J connectivity index is 3.39. The van der Waals surface area contributed by atoms with Crippen LogP contribution in [0.1, 0.15) is 5.56 Å². The highest BCUT2D eigenvalue weighted by atomic mass is 79.9. The van der Waals surface area contributed by atoms with Crippen LogP contribution >= 0.6 is 31.9 Å². The predicted molar refractivity (Wildman–Crippen MR) is 59.7 cm³/mol. The molecule has 0 aliphatic heterocycles. The van der Waals surface area contributed by atoms with Crippen LogP contribution in [-0.2, 0) is 0 Å². The average molecular weight is 310 g/mol. The van der Waals surface area contributed by atoms with E-state index < -0.39 is 0 Å². The molecule has 0 heterocycles. The van der Waals surface area contributed by atoms with E-state index in [1.54, 1.807) is 14.2 Å². The zero-order chi connectivity index (χ0) is 10.0. The van der Waals surface area contributed by atoms with Crippen molar-refractivity contribution in [2.45, 2.75) is 6.92 Å². The molecule has 0 atom stereocenters. The first-order valence-electron chi connectivity index (χ1n) is 3.68. The maximum absolute atomic E-state index is 5.20. The van der Waals surface area contributed by atoms with Crippen molar-refractivity contribution < 1.29 is 9.47 Å². The third kappa shape index (κ3) is 1.99. The van der Waals surface area contributed by atoms with Crippen molar-refractivity contribution >= 4 is 31.9 Å². The number of ether oxygens (including phenoxy) is 2. The van der Waals surface area contributed by atoms with E-state index >= 15 is 0 Å². The van der Waals surface area contributed by atoms with Gasteiger partial charge in [-0.3, -0.25) is 0 Å². The first-order chi connectivity index (χ1) is 6.11. The maximum atomic E-state index is 5.20. The molecule has 0 bridgehead atoms. The van der Waals surface area contributed by atoms with Crippen molar-refractivity contribution in [3.05, 3.63) is 20.6 Å². The molecule has 1 aromatic carbocycles. The van der Waals surface area contributed by atoms with Gasteiger partial charge < -0.3 is 9.47 Å². The fourth-order valence-electron chi connectivity index (χ4n) is 1.05. The molecule has 0 spiro atoms. The van der Waals surface area contributed by atoms with E-state index in [1.807, 2.05) is 13.0 Å². The van der Waals surface area contributed by atoms with Gasteiger partial charge in [-0.15, -0.1) is 0 Å². The highest BCUT2D eigenvalue weighted by Crippen LogP contribution is 2.41. The van der Waals surface area contributed by atoms with Crippen molar-refractivity contribution in [3.63, 3.8) is 0 Å². The van der Waals surface area contributed by atoms with Gasteiger partial charge >= 0.3 is 0 Å². The van der Waals surface area contributed by atoms with Crippen LogP contribution in [0.5, 0.6) is 11.5 Å². The number of hydrogen-bond donors (Lipinski definition) is 0. The second-order valence-electron chi connectivity index (χ2n) is 2.56. The van der Waals surface area contributed by atoms with E-state index in [1.165, 1.54) is 0 Å². The van der Waals surface area contributed by atoms with E-state index in [0.717, 1.165) is 20.3 Å². The summed E-state index contributed by atoms with van der Waals surface area (Å²) in [7, 11) is 3.24. The molecule has 0 saturated carbocycles. The topological polar surface area (TPSA) is 18.5 Å². The van der Waals surface area contributed by atoms with Gasteiger partial charge in [-0.25, -0.2) is 0 Å². The van der Waals surface area contributed by atoms with Crippen LogP contribution in [0.25, 0.3) is 0 Å². The Bertz CT molecular complexity index is 324. The summed E-state index contributed by atoms with van der Waals surface area (Å²) in [6.45, 7) is 2.00. The summed E-state index contributed by atoms with van der Waals surface area (Å²) >= 11 is 6.88. The smallest absolute Gasteiger partial charge is 0.176 e. The molecule has 1 rings (SSSR count). The Morgan fingerprint density at radius 2 is 1.69 bits per heavy atom. The Kier molecular flexibility index (Phi) is 3.62. The molecule has 2 nitrogen and oxygen atoms in total. The van der Waals surface area contributed by atoms with Crippen LogP contribution in [0.15, 0.2) is 15.0 Å². The largest absolute Gasteiger partial charge is 0.493 e. The summed E-state index contributed by atoms with van der Waals surface area (Å²) in [5, 5.41) is 0. The van der Waals surface area contributed by atoms with Crippen molar-refractivity contribution in [3.8, 4) is 11.5 Å². The molecule has 0 amide bonds. The predicted octanol–water partition coefficient (Wildman–Crippen LogP) is 3.54. The van der Waals surface area contributed by atoms with Gasteiger partial charge in [0.25, 0.3) is 0 Å². The van der Waals surface area contributed by atoms with Crippen LogP contribution in [0.4, 0.5) is 0 Å². The third-order valence-electron chi connectivity index (χ3n) is 1.73. The molecule has 0 N–H and O–H groups in total. The molecule has 13 heavy (non-hydrogen) atoms. The average Bonchev–Trinajstić information content (AvgIpc) is 2.13. The summed E-state index contributed by atoms with van der Waals surface area (Å²) in [5.41, 5.74) is 1.10.